The van der Waals surface area contributed by atoms with Crippen LogP contribution in [0.1, 0.15) is 39.5 Å². The third-order valence-corrected chi connectivity index (χ3v) is 4.36. The van der Waals surface area contributed by atoms with E-state index in [2.05, 4.69) is 48.0 Å². The topological polar surface area (TPSA) is 77.0 Å². The quantitative estimate of drug-likeness (QED) is 0.228. The van der Waals surface area contributed by atoms with Gasteiger partial charge >= 0.3 is 0 Å². The minimum atomic E-state index is 0.647. The van der Waals surface area contributed by atoms with E-state index in [0.29, 0.717) is 13.2 Å². The van der Waals surface area contributed by atoms with E-state index in [4.69, 9.17) is 20.9 Å². The zero-order valence-corrected chi connectivity index (χ0v) is 18.5. The van der Waals surface area contributed by atoms with Gasteiger partial charge in [-0.25, -0.2) is 0 Å². The molecule has 0 spiro atoms. The summed E-state index contributed by atoms with van der Waals surface area (Å²) in [5.74, 6) is 0. The smallest absolute Gasteiger partial charge is 0.0701 e. The highest BCUT2D eigenvalue weighted by Gasteiger charge is 2.04. The molecule has 0 aromatic carbocycles. The van der Waals surface area contributed by atoms with Crippen LogP contribution < -0.4 is 11.5 Å². The first-order valence-corrected chi connectivity index (χ1v) is 11.1. The van der Waals surface area contributed by atoms with Gasteiger partial charge in [0.2, 0.25) is 0 Å². The van der Waals surface area contributed by atoms with Gasteiger partial charge in [0.1, 0.15) is 0 Å². The van der Waals surface area contributed by atoms with Gasteiger partial charge in [0.25, 0.3) is 0 Å². The molecule has 6 nitrogen and oxygen atoms in total. The zero-order valence-electron chi connectivity index (χ0n) is 18.5. The molecule has 0 aromatic rings. The fourth-order valence-corrected chi connectivity index (χ4v) is 2.71. The van der Waals surface area contributed by atoms with Gasteiger partial charge in [-0.1, -0.05) is 38.2 Å². The summed E-state index contributed by atoms with van der Waals surface area (Å²) in [5.41, 5.74) is 11.3. The molecule has 0 saturated heterocycles. The summed E-state index contributed by atoms with van der Waals surface area (Å²) in [6.45, 7) is 14.4. The Morgan fingerprint density at radius 1 is 0.607 bits per heavy atom. The molecule has 0 aliphatic carbocycles. The highest BCUT2D eigenvalue weighted by Crippen LogP contribution is 1.95. The molecule has 0 saturated carbocycles. The summed E-state index contributed by atoms with van der Waals surface area (Å²) in [6.07, 6.45) is 13.1. The van der Waals surface area contributed by atoms with Crippen LogP contribution in [0.5, 0.6) is 0 Å². The van der Waals surface area contributed by atoms with E-state index in [-0.39, 0.29) is 0 Å². The number of rotatable bonds is 21. The highest BCUT2D eigenvalue weighted by molar-refractivity contribution is 4.84. The molecule has 28 heavy (non-hydrogen) atoms. The maximum atomic E-state index is 5.74. The molecule has 0 fully saturated rings. The summed E-state index contributed by atoms with van der Waals surface area (Å²) < 4.78 is 11.5. The molecular weight excluding hydrogens is 352 g/mol. The maximum absolute atomic E-state index is 5.74. The first-order chi connectivity index (χ1) is 13.8. The van der Waals surface area contributed by atoms with Crippen molar-refractivity contribution in [2.75, 3.05) is 78.8 Å². The van der Waals surface area contributed by atoms with Crippen molar-refractivity contribution in [1.82, 2.24) is 9.80 Å². The highest BCUT2D eigenvalue weighted by atomic mass is 16.5. The Labute approximate surface area is 173 Å². The van der Waals surface area contributed by atoms with E-state index in [1.807, 2.05) is 0 Å². The van der Waals surface area contributed by atoms with E-state index in [0.717, 1.165) is 91.3 Å². The molecule has 0 radical (unpaired) electrons. The Bertz CT molecular complexity index is 330. The summed E-state index contributed by atoms with van der Waals surface area (Å²) in [4.78, 5) is 4.78. The van der Waals surface area contributed by atoms with E-state index in [1.165, 1.54) is 0 Å². The van der Waals surface area contributed by atoms with Gasteiger partial charge in [0, 0.05) is 26.2 Å². The Kier molecular flexibility index (Phi) is 21.9. The molecule has 0 heterocycles. The Morgan fingerprint density at radius 2 is 1.04 bits per heavy atom. The first-order valence-electron chi connectivity index (χ1n) is 11.1. The summed E-state index contributed by atoms with van der Waals surface area (Å²) >= 11 is 0. The number of ether oxygens (including phenoxy) is 2. The average Bonchev–Trinajstić information content (AvgIpc) is 2.71. The van der Waals surface area contributed by atoms with Crippen LogP contribution in [0.2, 0.25) is 0 Å². The molecule has 0 aromatic heterocycles. The van der Waals surface area contributed by atoms with E-state index in [9.17, 15) is 0 Å². The van der Waals surface area contributed by atoms with Crippen LogP contribution in [0.15, 0.2) is 24.3 Å². The molecule has 4 N–H and O–H groups in total. The van der Waals surface area contributed by atoms with Gasteiger partial charge in [-0.15, -0.1) is 0 Å². The van der Waals surface area contributed by atoms with Crippen LogP contribution in [0.4, 0.5) is 0 Å². The van der Waals surface area contributed by atoms with Crippen molar-refractivity contribution in [2.45, 2.75) is 39.5 Å². The third-order valence-electron chi connectivity index (χ3n) is 4.36. The molecule has 0 aliphatic heterocycles. The molecule has 166 valence electrons. The van der Waals surface area contributed by atoms with Crippen molar-refractivity contribution in [2.24, 2.45) is 11.5 Å². The van der Waals surface area contributed by atoms with Crippen molar-refractivity contribution in [3.63, 3.8) is 0 Å². The van der Waals surface area contributed by atoms with Crippen LogP contribution in [-0.2, 0) is 9.47 Å². The van der Waals surface area contributed by atoms with Crippen LogP contribution >= 0.6 is 0 Å². The summed E-state index contributed by atoms with van der Waals surface area (Å²) in [7, 11) is 0. The van der Waals surface area contributed by atoms with Gasteiger partial charge in [-0.2, -0.15) is 0 Å². The third kappa shape index (κ3) is 18.6. The Balaban J connectivity index is 3.79. The lowest BCUT2D eigenvalue weighted by molar-refractivity contribution is 0.0328. The maximum Gasteiger partial charge on any atom is 0.0701 e. The lowest BCUT2D eigenvalue weighted by Gasteiger charge is -2.21. The fraction of sp³-hybridized carbons (Fsp3) is 0.818. The molecule has 0 unspecified atom stereocenters. The molecule has 0 rings (SSSR count). The molecule has 6 heteroatoms. The number of hydrogen-bond donors (Lipinski definition) is 2. The van der Waals surface area contributed by atoms with Crippen molar-refractivity contribution >= 4 is 0 Å². The first kappa shape index (κ1) is 27.2. The summed E-state index contributed by atoms with van der Waals surface area (Å²) in [6, 6.07) is 0. The van der Waals surface area contributed by atoms with E-state index < -0.39 is 0 Å². The normalized spacial score (nSPS) is 12.4. The average molecular weight is 399 g/mol. The largest absolute Gasteiger partial charge is 0.378 e. The SMILES string of the molecule is CCC=CCN(CCCN)CCOCCOCCN(C/C=C\CC)CCCN. The zero-order chi connectivity index (χ0) is 20.7. The molecule has 0 amide bonds. The van der Waals surface area contributed by atoms with E-state index in [1.54, 1.807) is 0 Å². The van der Waals surface area contributed by atoms with Gasteiger partial charge < -0.3 is 20.9 Å². The predicted molar refractivity (Wildman–Crippen MR) is 121 cm³/mol. The van der Waals surface area contributed by atoms with Gasteiger partial charge in [-0.05, 0) is 51.9 Å². The minimum absolute atomic E-state index is 0.647. The molecule has 0 aliphatic rings. The standard InChI is InChI=1S/C22H46N4O2/c1-3-5-7-13-25(15-9-11-23)17-19-27-21-22-28-20-18-26(16-10-12-24)14-8-6-4-2/h5-8H,3-4,9-24H2,1-2H3/b7-5-,8-6?. The van der Waals surface area contributed by atoms with Crippen LogP contribution in [0.25, 0.3) is 0 Å². The molecule has 0 atom stereocenters. The monoisotopic (exact) mass is 398 g/mol. The number of nitrogens with two attached hydrogens (primary N) is 2. The van der Waals surface area contributed by atoms with Crippen LogP contribution in [-0.4, -0.2) is 88.6 Å². The van der Waals surface area contributed by atoms with Crippen molar-refractivity contribution in [3.05, 3.63) is 24.3 Å². The lowest BCUT2D eigenvalue weighted by Crippen LogP contribution is -2.31. The molecule has 0 bridgehead atoms. The second-order valence-electron chi connectivity index (χ2n) is 6.87. The summed E-state index contributed by atoms with van der Waals surface area (Å²) in [5, 5.41) is 0. The van der Waals surface area contributed by atoms with Crippen molar-refractivity contribution in [3.8, 4) is 0 Å². The minimum Gasteiger partial charge on any atom is -0.378 e. The predicted octanol–water partition coefficient (Wildman–Crippen LogP) is 2.25. The van der Waals surface area contributed by atoms with Gasteiger partial charge in [0.05, 0.1) is 26.4 Å². The molecular formula is C22H46N4O2. The second-order valence-corrected chi connectivity index (χ2v) is 6.87. The van der Waals surface area contributed by atoms with E-state index >= 15 is 0 Å². The van der Waals surface area contributed by atoms with Crippen LogP contribution in [0.3, 0.4) is 0 Å². The Hall–Kier alpha value is -0.760. The van der Waals surface area contributed by atoms with Crippen molar-refractivity contribution in [1.29, 1.82) is 0 Å². The lowest BCUT2D eigenvalue weighted by atomic mass is 10.3. The van der Waals surface area contributed by atoms with Gasteiger partial charge in [-0.3, -0.25) is 9.80 Å². The fourth-order valence-electron chi connectivity index (χ4n) is 2.71. The van der Waals surface area contributed by atoms with Crippen molar-refractivity contribution < 1.29 is 9.47 Å². The van der Waals surface area contributed by atoms with Crippen LogP contribution in [0, 0.1) is 0 Å². The van der Waals surface area contributed by atoms with Gasteiger partial charge in [0.15, 0.2) is 0 Å². The second kappa shape index (κ2) is 22.5. The number of allylic oxidation sites excluding steroid dienone is 2. The number of nitrogens with zero attached hydrogens (tertiary/aromatic N) is 2. The Morgan fingerprint density at radius 3 is 1.39 bits per heavy atom. The number of hydrogen-bond acceptors (Lipinski definition) is 6.